The molecule has 4 rings (SSSR count). The van der Waals surface area contributed by atoms with Gasteiger partial charge >= 0.3 is 18.0 Å². The Balaban J connectivity index is 1.54. The predicted molar refractivity (Wildman–Crippen MR) is 140 cm³/mol. The number of rotatable bonds is 9. The summed E-state index contributed by atoms with van der Waals surface area (Å²) in [5, 5.41) is 14.7. The van der Waals surface area contributed by atoms with E-state index in [4.69, 9.17) is 14.6 Å². The number of fused-ring (bicyclic) bond motifs is 3. The number of anilines is 1. The van der Waals surface area contributed by atoms with Gasteiger partial charge in [-0.1, -0.05) is 54.6 Å². The molecular weight excluding hydrogens is 472 g/mol. The molecule has 192 valence electrons. The average molecular weight is 503 g/mol. The molecule has 0 saturated heterocycles. The molecule has 0 saturated carbocycles. The van der Waals surface area contributed by atoms with Crippen molar-refractivity contribution in [3.05, 3.63) is 88.0 Å². The fourth-order valence-electron chi connectivity index (χ4n) is 4.85. The summed E-state index contributed by atoms with van der Waals surface area (Å²) in [6, 6.07) is 18.1. The maximum Gasteiger partial charge on any atom is 0.411 e. The monoisotopic (exact) mass is 502 g/mol. The standard InChI is InChI=1S/C29H30N2O6/c1-17-19(13-27(34)36-3)12-20(14-30-15-26(32)33)18(2)28(17)31-29(35)37-16-25-23-10-6-4-8-21(23)22-9-5-7-11-24(22)25/h4-12,25,30H,13-16H2,1-3H3,(H,31,35)(H,32,33). The van der Waals surface area contributed by atoms with Gasteiger partial charge < -0.3 is 19.9 Å². The molecule has 1 aliphatic carbocycles. The Morgan fingerprint density at radius 1 is 0.919 bits per heavy atom. The summed E-state index contributed by atoms with van der Waals surface area (Å²) in [4.78, 5) is 35.9. The number of methoxy groups -OCH3 is 1. The molecule has 0 radical (unpaired) electrons. The molecule has 3 aromatic rings. The Morgan fingerprint density at radius 2 is 1.51 bits per heavy atom. The molecule has 0 heterocycles. The number of ether oxygens (including phenoxy) is 2. The van der Waals surface area contributed by atoms with Gasteiger partial charge in [-0.15, -0.1) is 0 Å². The first-order valence-electron chi connectivity index (χ1n) is 12.0. The fourth-order valence-corrected chi connectivity index (χ4v) is 4.85. The van der Waals surface area contributed by atoms with E-state index in [1.165, 1.54) is 7.11 Å². The molecule has 3 aromatic carbocycles. The lowest BCUT2D eigenvalue weighted by atomic mass is 9.95. The number of esters is 1. The largest absolute Gasteiger partial charge is 0.480 e. The van der Waals surface area contributed by atoms with Crippen LogP contribution in [0.15, 0.2) is 54.6 Å². The average Bonchev–Trinajstić information content (AvgIpc) is 3.21. The third-order valence-electron chi connectivity index (χ3n) is 6.79. The van der Waals surface area contributed by atoms with E-state index in [0.717, 1.165) is 38.9 Å². The molecule has 0 atom stereocenters. The Morgan fingerprint density at radius 3 is 2.11 bits per heavy atom. The zero-order valence-corrected chi connectivity index (χ0v) is 21.1. The molecule has 37 heavy (non-hydrogen) atoms. The molecule has 8 nitrogen and oxygen atoms in total. The number of carbonyl (C=O) groups is 3. The number of benzene rings is 3. The van der Waals surface area contributed by atoms with Crippen LogP contribution in [-0.4, -0.2) is 43.4 Å². The number of hydrogen-bond acceptors (Lipinski definition) is 6. The fraction of sp³-hybridized carbons (Fsp3) is 0.276. The highest BCUT2D eigenvalue weighted by Gasteiger charge is 2.29. The lowest BCUT2D eigenvalue weighted by Gasteiger charge is -2.20. The van der Waals surface area contributed by atoms with Crippen LogP contribution in [0.5, 0.6) is 0 Å². The minimum absolute atomic E-state index is 0.0217. The quantitative estimate of drug-likeness (QED) is 0.368. The Bertz CT molecular complexity index is 1300. The number of carbonyl (C=O) groups excluding carboxylic acids is 2. The molecule has 0 aromatic heterocycles. The van der Waals surface area contributed by atoms with Gasteiger partial charge in [0.1, 0.15) is 6.61 Å². The van der Waals surface area contributed by atoms with Gasteiger partial charge in [-0.25, -0.2) is 4.79 Å². The van der Waals surface area contributed by atoms with E-state index in [1.807, 2.05) is 44.2 Å². The molecule has 1 amide bonds. The highest BCUT2D eigenvalue weighted by molar-refractivity contribution is 5.88. The molecular formula is C29H30N2O6. The van der Waals surface area contributed by atoms with Crippen LogP contribution in [-0.2, 0) is 32.0 Å². The predicted octanol–water partition coefficient (Wildman–Crippen LogP) is 4.55. The second-order valence-electron chi connectivity index (χ2n) is 9.02. The lowest BCUT2D eigenvalue weighted by molar-refractivity contribution is -0.140. The van der Waals surface area contributed by atoms with Crippen molar-refractivity contribution in [2.45, 2.75) is 32.7 Å². The molecule has 0 aliphatic heterocycles. The van der Waals surface area contributed by atoms with E-state index in [9.17, 15) is 14.4 Å². The second-order valence-corrected chi connectivity index (χ2v) is 9.02. The summed E-state index contributed by atoms with van der Waals surface area (Å²) in [5.41, 5.74) is 7.99. The Kier molecular flexibility index (Phi) is 7.89. The first-order valence-corrected chi connectivity index (χ1v) is 12.0. The van der Waals surface area contributed by atoms with Crippen LogP contribution < -0.4 is 10.6 Å². The SMILES string of the molecule is COC(=O)Cc1cc(CNCC(=O)O)c(C)c(NC(=O)OCC2c3ccccc3-c3ccccc32)c1C. The minimum Gasteiger partial charge on any atom is -0.480 e. The van der Waals surface area contributed by atoms with Gasteiger partial charge in [0.15, 0.2) is 0 Å². The number of carboxylic acids is 1. The number of carboxylic acid groups (broad SMARTS) is 1. The van der Waals surface area contributed by atoms with Crippen molar-refractivity contribution >= 4 is 23.7 Å². The van der Waals surface area contributed by atoms with E-state index in [1.54, 1.807) is 0 Å². The maximum atomic E-state index is 13.0. The van der Waals surface area contributed by atoms with Crippen molar-refractivity contribution in [1.29, 1.82) is 0 Å². The normalized spacial score (nSPS) is 12.0. The molecule has 0 bridgehead atoms. The zero-order chi connectivity index (χ0) is 26.5. The number of amides is 1. The first-order chi connectivity index (χ1) is 17.8. The van der Waals surface area contributed by atoms with Gasteiger partial charge in [-0.2, -0.15) is 0 Å². The molecule has 0 unspecified atom stereocenters. The third-order valence-corrected chi connectivity index (χ3v) is 6.79. The van der Waals surface area contributed by atoms with Gasteiger partial charge in [-0.05, 0) is 58.4 Å². The summed E-state index contributed by atoms with van der Waals surface area (Å²) < 4.78 is 10.5. The summed E-state index contributed by atoms with van der Waals surface area (Å²) in [6.45, 7) is 3.87. The van der Waals surface area contributed by atoms with E-state index >= 15 is 0 Å². The summed E-state index contributed by atoms with van der Waals surface area (Å²) in [7, 11) is 1.32. The highest BCUT2D eigenvalue weighted by Crippen LogP contribution is 2.44. The number of hydrogen-bond donors (Lipinski definition) is 3. The van der Waals surface area contributed by atoms with E-state index in [0.29, 0.717) is 11.3 Å². The number of aliphatic carboxylic acids is 1. The topological polar surface area (TPSA) is 114 Å². The lowest BCUT2D eigenvalue weighted by Crippen LogP contribution is -2.24. The summed E-state index contributed by atoms with van der Waals surface area (Å²) in [5.74, 6) is -1.46. The molecule has 0 fully saturated rings. The van der Waals surface area contributed by atoms with Gasteiger partial charge in [0.2, 0.25) is 0 Å². The minimum atomic E-state index is -0.975. The van der Waals surface area contributed by atoms with Gasteiger partial charge in [-0.3, -0.25) is 14.9 Å². The van der Waals surface area contributed by atoms with E-state index < -0.39 is 18.0 Å². The summed E-state index contributed by atoms with van der Waals surface area (Å²) in [6.07, 6.45) is -0.582. The van der Waals surface area contributed by atoms with Gasteiger partial charge in [0, 0.05) is 12.5 Å². The molecule has 0 spiro atoms. The van der Waals surface area contributed by atoms with Crippen LogP contribution >= 0.6 is 0 Å². The van der Waals surface area contributed by atoms with Crippen LogP contribution in [0.25, 0.3) is 11.1 Å². The van der Waals surface area contributed by atoms with Crippen molar-refractivity contribution in [2.24, 2.45) is 0 Å². The Hall–Kier alpha value is -4.17. The third kappa shape index (κ3) is 5.65. The molecule has 1 aliphatic rings. The van der Waals surface area contributed by atoms with Crippen molar-refractivity contribution < 1.29 is 29.0 Å². The zero-order valence-electron chi connectivity index (χ0n) is 21.1. The summed E-state index contributed by atoms with van der Waals surface area (Å²) >= 11 is 0. The highest BCUT2D eigenvalue weighted by atomic mass is 16.5. The molecule has 3 N–H and O–H groups in total. The molecule has 8 heteroatoms. The van der Waals surface area contributed by atoms with Gasteiger partial charge in [0.25, 0.3) is 0 Å². The number of nitrogens with one attached hydrogen (secondary N) is 2. The van der Waals surface area contributed by atoms with E-state index in [-0.39, 0.29) is 32.0 Å². The van der Waals surface area contributed by atoms with Crippen molar-refractivity contribution in [1.82, 2.24) is 5.32 Å². The first kappa shape index (κ1) is 25.9. The van der Waals surface area contributed by atoms with Crippen molar-refractivity contribution in [3.8, 4) is 11.1 Å². The maximum absolute atomic E-state index is 13.0. The van der Waals surface area contributed by atoms with Crippen molar-refractivity contribution in [2.75, 3.05) is 25.6 Å². The van der Waals surface area contributed by atoms with Crippen LogP contribution in [0.1, 0.15) is 39.3 Å². The van der Waals surface area contributed by atoms with E-state index in [2.05, 4.69) is 34.9 Å². The Labute approximate surface area is 215 Å². The van der Waals surface area contributed by atoms with Gasteiger partial charge in [0.05, 0.1) is 25.8 Å². The van der Waals surface area contributed by atoms with Crippen LogP contribution in [0.2, 0.25) is 0 Å². The second kappa shape index (κ2) is 11.3. The van der Waals surface area contributed by atoms with Crippen molar-refractivity contribution in [3.63, 3.8) is 0 Å². The van der Waals surface area contributed by atoms with Crippen LogP contribution in [0, 0.1) is 13.8 Å². The smallest absolute Gasteiger partial charge is 0.411 e. The van der Waals surface area contributed by atoms with Crippen LogP contribution in [0.4, 0.5) is 10.5 Å². The van der Waals surface area contributed by atoms with Crippen LogP contribution in [0.3, 0.4) is 0 Å².